The Labute approximate surface area is 128 Å². The second-order valence-corrected chi connectivity index (χ2v) is 5.24. The molecule has 3 heterocycles. The van der Waals surface area contributed by atoms with Crippen LogP contribution in [0.4, 0.5) is 13.2 Å². The highest BCUT2D eigenvalue weighted by Gasteiger charge is 2.30. The van der Waals surface area contributed by atoms with Gasteiger partial charge in [0.05, 0.1) is 23.0 Å². The van der Waals surface area contributed by atoms with Crippen molar-refractivity contribution in [2.75, 3.05) is 0 Å². The molecule has 0 fully saturated rings. The highest BCUT2D eigenvalue weighted by atomic mass is 19.4. The molecule has 23 heavy (non-hydrogen) atoms. The Balaban J connectivity index is 1.97. The average molecular weight is 313 g/mol. The molecule has 0 saturated heterocycles. The number of fused-ring (bicyclic) bond motifs is 3. The number of benzene rings is 1. The van der Waals surface area contributed by atoms with Crippen LogP contribution < -0.4 is 0 Å². The molecule has 0 radical (unpaired) electrons. The lowest BCUT2D eigenvalue weighted by atomic mass is 10.1. The van der Waals surface area contributed by atoms with Crippen LogP contribution in [0.25, 0.3) is 33.1 Å². The van der Waals surface area contributed by atoms with E-state index in [2.05, 4.69) is 15.0 Å². The Morgan fingerprint density at radius 1 is 0.913 bits per heavy atom. The van der Waals surface area contributed by atoms with E-state index in [-0.39, 0.29) is 0 Å². The average Bonchev–Trinajstić information content (AvgIpc) is 2.92. The number of rotatable bonds is 1. The van der Waals surface area contributed by atoms with Gasteiger partial charge < -0.3 is 4.98 Å². The summed E-state index contributed by atoms with van der Waals surface area (Å²) in [5, 5.41) is 1.24. The summed E-state index contributed by atoms with van der Waals surface area (Å²) in [6.45, 7) is 0. The van der Waals surface area contributed by atoms with Gasteiger partial charge in [-0.2, -0.15) is 13.2 Å². The molecule has 0 aliphatic rings. The third kappa shape index (κ3) is 2.32. The van der Waals surface area contributed by atoms with Crippen LogP contribution in [-0.4, -0.2) is 15.0 Å². The van der Waals surface area contributed by atoms with E-state index < -0.39 is 11.7 Å². The normalized spacial score (nSPS) is 12.1. The number of alkyl halides is 3. The molecule has 3 nitrogen and oxygen atoms in total. The Bertz CT molecular complexity index is 1000. The number of nitrogens with zero attached hydrogens (tertiary/aromatic N) is 2. The van der Waals surface area contributed by atoms with Gasteiger partial charge in [-0.3, -0.25) is 9.97 Å². The lowest BCUT2D eigenvalue weighted by Gasteiger charge is -2.06. The summed E-state index contributed by atoms with van der Waals surface area (Å²) in [6, 6.07) is 9.12. The van der Waals surface area contributed by atoms with Crippen molar-refractivity contribution in [3.8, 4) is 11.3 Å². The Kier molecular flexibility index (Phi) is 2.87. The second kappa shape index (κ2) is 4.81. The van der Waals surface area contributed by atoms with Gasteiger partial charge in [-0.1, -0.05) is 0 Å². The predicted octanol–water partition coefficient (Wildman–Crippen LogP) is 4.80. The molecule has 0 spiro atoms. The highest BCUT2D eigenvalue weighted by Crippen LogP contribution is 2.34. The largest absolute Gasteiger partial charge is 0.416 e. The van der Waals surface area contributed by atoms with Crippen molar-refractivity contribution < 1.29 is 13.2 Å². The monoisotopic (exact) mass is 313 g/mol. The molecule has 0 saturated carbocycles. The molecule has 1 N–H and O–H groups in total. The molecular formula is C17H10F3N3. The number of hydrogen-bond acceptors (Lipinski definition) is 2. The van der Waals surface area contributed by atoms with E-state index in [1.165, 1.54) is 12.1 Å². The number of nitrogens with one attached hydrogen (secondary N) is 1. The minimum absolute atomic E-state index is 0.530. The molecule has 0 atom stereocenters. The van der Waals surface area contributed by atoms with Crippen molar-refractivity contribution in [3.63, 3.8) is 0 Å². The molecule has 0 amide bonds. The second-order valence-electron chi connectivity index (χ2n) is 5.24. The minimum atomic E-state index is -4.36. The fraction of sp³-hybridized carbons (Fsp3) is 0.0588. The Morgan fingerprint density at radius 2 is 1.74 bits per heavy atom. The first-order valence-corrected chi connectivity index (χ1v) is 6.91. The number of H-pyrrole nitrogens is 1. The van der Waals surface area contributed by atoms with Crippen molar-refractivity contribution in [2.45, 2.75) is 6.18 Å². The fourth-order valence-electron chi connectivity index (χ4n) is 2.65. The summed E-state index contributed by atoms with van der Waals surface area (Å²) < 4.78 is 38.8. The van der Waals surface area contributed by atoms with E-state index in [1.54, 1.807) is 30.7 Å². The van der Waals surface area contributed by atoms with Crippen molar-refractivity contribution in [2.24, 2.45) is 0 Å². The summed E-state index contributed by atoms with van der Waals surface area (Å²) in [6.07, 6.45) is 0.593. The minimum Gasteiger partial charge on any atom is -0.353 e. The third-order valence-electron chi connectivity index (χ3n) is 3.77. The highest BCUT2D eigenvalue weighted by molar-refractivity contribution is 6.08. The zero-order valence-electron chi connectivity index (χ0n) is 11.7. The Hall–Kier alpha value is -2.89. The first-order valence-electron chi connectivity index (χ1n) is 6.91. The van der Waals surface area contributed by atoms with Crippen LogP contribution in [-0.2, 0) is 6.18 Å². The van der Waals surface area contributed by atoms with E-state index in [4.69, 9.17) is 0 Å². The molecule has 4 aromatic rings. The smallest absolute Gasteiger partial charge is 0.353 e. The molecule has 0 aliphatic heterocycles. The molecule has 114 valence electrons. The zero-order valence-corrected chi connectivity index (χ0v) is 11.7. The van der Waals surface area contributed by atoms with Gasteiger partial charge in [0.15, 0.2) is 0 Å². The first-order chi connectivity index (χ1) is 11.0. The first kappa shape index (κ1) is 13.8. The van der Waals surface area contributed by atoms with E-state index in [1.807, 2.05) is 6.07 Å². The van der Waals surface area contributed by atoms with Crippen LogP contribution >= 0.6 is 0 Å². The predicted molar refractivity (Wildman–Crippen MR) is 81.8 cm³/mol. The lowest BCUT2D eigenvalue weighted by molar-refractivity contribution is -0.137. The van der Waals surface area contributed by atoms with Crippen LogP contribution in [0.5, 0.6) is 0 Å². The zero-order chi connectivity index (χ0) is 16.0. The van der Waals surface area contributed by atoms with Crippen molar-refractivity contribution in [1.82, 2.24) is 15.0 Å². The summed E-state index contributed by atoms with van der Waals surface area (Å²) >= 11 is 0. The van der Waals surface area contributed by atoms with E-state index >= 15 is 0 Å². The summed E-state index contributed by atoms with van der Waals surface area (Å²) in [5.74, 6) is 0. The number of hydrogen-bond donors (Lipinski definition) is 1. The van der Waals surface area contributed by atoms with Crippen LogP contribution in [0.15, 0.2) is 55.0 Å². The van der Waals surface area contributed by atoms with Gasteiger partial charge in [0.25, 0.3) is 0 Å². The van der Waals surface area contributed by atoms with Gasteiger partial charge in [-0.15, -0.1) is 0 Å². The molecule has 0 bridgehead atoms. The number of halogens is 3. The van der Waals surface area contributed by atoms with Crippen molar-refractivity contribution >= 4 is 21.8 Å². The van der Waals surface area contributed by atoms with Crippen LogP contribution in [0.2, 0.25) is 0 Å². The molecule has 6 heteroatoms. The van der Waals surface area contributed by atoms with Crippen molar-refractivity contribution in [3.05, 3.63) is 60.6 Å². The van der Waals surface area contributed by atoms with Crippen LogP contribution in [0.1, 0.15) is 5.56 Å². The number of aromatic amines is 1. The molecule has 3 aromatic heterocycles. The van der Waals surface area contributed by atoms with Gasteiger partial charge >= 0.3 is 6.18 Å². The third-order valence-corrected chi connectivity index (χ3v) is 3.77. The molecule has 4 rings (SSSR count). The molecule has 1 aromatic carbocycles. The lowest BCUT2D eigenvalue weighted by Crippen LogP contribution is -2.03. The van der Waals surface area contributed by atoms with Gasteiger partial charge in [0.2, 0.25) is 0 Å². The molecular weight excluding hydrogens is 303 g/mol. The topological polar surface area (TPSA) is 41.6 Å². The maximum atomic E-state index is 12.9. The van der Waals surface area contributed by atoms with E-state index in [0.717, 1.165) is 11.6 Å². The van der Waals surface area contributed by atoms with Crippen LogP contribution in [0, 0.1) is 0 Å². The maximum absolute atomic E-state index is 12.9. The Morgan fingerprint density at radius 3 is 2.48 bits per heavy atom. The number of pyridine rings is 2. The number of aromatic nitrogens is 3. The maximum Gasteiger partial charge on any atom is 0.416 e. The quantitative estimate of drug-likeness (QED) is 0.548. The van der Waals surface area contributed by atoms with Gasteiger partial charge in [-0.05, 0) is 36.4 Å². The summed E-state index contributed by atoms with van der Waals surface area (Å²) in [7, 11) is 0. The summed E-state index contributed by atoms with van der Waals surface area (Å²) in [4.78, 5) is 11.5. The fourth-order valence-corrected chi connectivity index (χ4v) is 2.65. The standard InChI is InChI=1S/C17H10F3N3/c18-17(19,20)11-3-4-14-12(6-11)13-7-15(22-9-16(13)23-14)10-2-1-5-21-8-10/h1-9,23H. The van der Waals surface area contributed by atoms with Gasteiger partial charge in [-0.25, -0.2) is 0 Å². The van der Waals surface area contributed by atoms with Crippen molar-refractivity contribution in [1.29, 1.82) is 0 Å². The summed E-state index contributed by atoms with van der Waals surface area (Å²) in [5.41, 5.74) is 2.18. The molecule has 0 aliphatic carbocycles. The van der Waals surface area contributed by atoms with Gasteiger partial charge in [0, 0.05) is 34.2 Å². The van der Waals surface area contributed by atoms with Crippen LogP contribution in [0.3, 0.4) is 0 Å². The SMILES string of the molecule is FC(F)(F)c1ccc2[nH]c3cnc(-c4cccnc4)cc3c2c1. The van der Waals surface area contributed by atoms with Gasteiger partial charge in [0.1, 0.15) is 0 Å². The molecule has 0 unspecified atom stereocenters. The van der Waals surface area contributed by atoms with E-state index in [0.29, 0.717) is 27.5 Å². The van der Waals surface area contributed by atoms with E-state index in [9.17, 15) is 13.2 Å².